The smallest absolute Gasteiger partial charge is 0.135 e. The minimum atomic E-state index is 0.481. The Kier molecular flexibility index (Phi) is 6.70. The molecule has 0 aliphatic carbocycles. The van der Waals surface area contributed by atoms with Crippen LogP contribution >= 0.6 is 0 Å². The molecule has 0 N–H and O–H groups in total. The van der Waals surface area contributed by atoms with Gasteiger partial charge in [-0.25, -0.2) is 0 Å². The molecule has 0 amide bonds. The predicted molar refractivity (Wildman–Crippen MR) is 94.2 cm³/mol. The summed E-state index contributed by atoms with van der Waals surface area (Å²) in [5.41, 5.74) is 1.36. The lowest BCUT2D eigenvalue weighted by Crippen LogP contribution is -2.14. The van der Waals surface area contributed by atoms with E-state index in [-0.39, 0.29) is 0 Å². The SMILES string of the molecule is CN1C=CC(OCCCOC2=CN(C)/C(=C\N=O)C=C2)=C/C1=C/N=O. The predicted octanol–water partition coefficient (Wildman–Crippen LogP) is 3.31. The maximum atomic E-state index is 10.4. The van der Waals surface area contributed by atoms with Gasteiger partial charge in [0.1, 0.15) is 11.5 Å². The second-order valence-electron chi connectivity index (χ2n) is 5.32. The van der Waals surface area contributed by atoms with E-state index in [0.717, 1.165) is 0 Å². The van der Waals surface area contributed by atoms with Crippen LogP contribution in [0.1, 0.15) is 6.42 Å². The molecule has 2 aliphatic heterocycles. The molecule has 0 saturated heterocycles. The summed E-state index contributed by atoms with van der Waals surface area (Å²) in [6.45, 7) is 0.971. The van der Waals surface area contributed by atoms with E-state index in [1.807, 2.05) is 20.2 Å². The molecule has 0 spiro atoms. The van der Waals surface area contributed by atoms with Crippen LogP contribution in [0.15, 0.2) is 82.4 Å². The number of hydrogen-bond donors (Lipinski definition) is 0. The van der Waals surface area contributed by atoms with Crippen molar-refractivity contribution < 1.29 is 9.47 Å². The van der Waals surface area contributed by atoms with E-state index in [9.17, 15) is 9.81 Å². The number of rotatable bonds is 8. The Bertz CT molecular complexity index is 689. The molecule has 0 radical (unpaired) electrons. The molecular formula is C17H20N4O4. The first-order valence-electron chi connectivity index (χ1n) is 7.70. The van der Waals surface area contributed by atoms with E-state index in [4.69, 9.17) is 9.47 Å². The van der Waals surface area contributed by atoms with Crippen LogP contribution < -0.4 is 0 Å². The zero-order valence-corrected chi connectivity index (χ0v) is 14.2. The van der Waals surface area contributed by atoms with E-state index < -0.39 is 0 Å². The van der Waals surface area contributed by atoms with Crippen molar-refractivity contribution in [1.29, 1.82) is 0 Å². The normalized spacial score (nSPS) is 19.8. The maximum Gasteiger partial charge on any atom is 0.135 e. The van der Waals surface area contributed by atoms with Gasteiger partial charge in [-0.1, -0.05) is 0 Å². The highest BCUT2D eigenvalue weighted by molar-refractivity contribution is 5.31. The zero-order chi connectivity index (χ0) is 18.1. The van der Waals surface area contributed by atoms with E-state index in [1.165, 1.54) is 12.4 Å². The standard InChI is InChI=1S/C17H20N4O4/c1-20-7-6-16(10-15(20)12-19-23)24-8-3-9-25-17-5-4-14(11-18-22)21(2)13-17/h4-7,10-13H,3,8-9H2,1-2H3/b14-11-,15-12-. The van der Waals surface area contributed by atoms with E-state index >= 15 is 0 Å². The highest BCUT2D eigenvalue weighted by atomic mass is 16.5. The molecule has 25 heavy (non-hydrogen) atoms. The van der Waals surface area contributed by atoms with Crippen molar-refractivity contribution in [2.75, 3.05) is 27.3 Å². The molecule has 0 saturated carbocycles. The van der Waals surface area contributed by atoms with Gasteiger partial charge in [0.2, 0.25) is 0 Å². The van der Waals surface area contributed by atoms with Gasteiger partial charge in [-0.15, -0.1) is 9.81 Å². The molecule has 2 rings (SSSR count). The van der Waals surface area contributed by atoms with Crippen molar-refractivity contribution in [2.24, 2.45) is 10.4 Å². The second kappa shape index (κ2) is 9.21. The van der Waals surface area contributed by atoms with E-state index in [0.29, 0.717) is 42.5 Å². The molecule has 0 unspecified atom stereocenters. The molecule has 0 aromatic carbocycles. The fourth-order valence-corrected chi connectivity index (χ4v) is 2.15. The first-order valence-corrected chi connectivity index (χ1v) is 7.70. The molecule has 8 heteroatoms. The summed E-state index contributed by atoms with van der Waals surface area (Å²) in [5.74, 6) is 1.37. The topological polar surface area (TPSA) is 83.8 Å². The molecule has 0 aromatic rings. The van der Waals surface area contributed by atoms with Crippen LogP contribution in [-0.4, -0.2) is 37.1 Å². The largest absolute Gasteiger partial charge is 0.493 e. The van der Waals surface area contributed by atoms with Gasteiger partial charge in [-0.2, -0.15) is 0 Å². The Hall–Kier alpha value is -3.16. The van der Waals surface area contributed by atoms with Crippen molar-refractivity contribution >= 4 is 0 Å². The molecule has 0 aromatic heterocycles. The Labute approximate surface area is 146 Å². The third-order valence-electron chi connectivity index (χ3n) is 3.50. The highest BCUT2D eigenvalue weighted by Crippen LogP contribution is 2.18. The van der Waals surface area contributed by atoms with Gasteiger partial charge in [-0.3, -0.25) is 0 Å². The molecule has 0 bridgehead atoms. The third kappa shape index (κ3) is 5.45. The van der Waals surface area contributed by atoms with Gasteiger partial charge in [0.25, 0.3) is 0 Å². The van der Waals surface area contributed by atoms with Crippen LogP contribution in [0.4, 0.5) is 0 Å². The molecule has 0 atom stereocenters. The minimum absolute atomic E-state index is 0.481. The molecule has 8 nitrogen and oxygen atoms in total. The Morgan fingerprint density at radius 2 is 1.60 bits per heavy atom. The van der Waals surface area contributed by atoms with Crippen LogP contribution in [0, 0.1) is 9.81 Å². The van der Waals surface area contributed by atoms with E-state index in [2.05, 4.69) is 10.4 Å². The minimum Gasteiger partial charge on any atom is -0.493 e. The Morgan fingerprint density at radius 1 is 0.920 bits per heavy atom. The Balaban J connectivity index is 1.72. The number of allylic oxidation sites excluding steroid dienone is 4. The number of hydrogen-bond acceptors (Lipinski definition) is 8. The van der Waals surface area contributed by atoms with Crippen molar-refractivity contribution in [1.82, 2.24) is 9.80 Å². The summed E-state index contributed by atoms with van der Waals surface area (Å²) in [5, 5.41) is 5.53. The van der Waals surface area contributed by atoms with Gasteiger partial charge < -0.3 is 19.3 Å². The Morgan fingerprint density at radius 3 is 2.28 bits per heavy atom. The summed E-state index contributed by atoms with van der Waals surface area (Å²) in [7, 11) is 3.63. The monoisotopic (exact) mass is 344 g/mol. The van der Waals surface area contributed by atoms with Gasteiger partial charge in [0.15, 0.2) is 0 Å². The van der Waals surface area contributed by atoms with Crippen molar-refractivity contribution in [3.05, 3.63) is 81.8 Å². The first-order chi connectivity index (χ1) is 12.1. The van der Waals surface area contributed by atoms with Crippen LogP contribution in [0.2, 0.25) is 0 Å². The first kappa shape index (κ1) is 18.2. The quantitative estimate of drug-likeness (QED) is 0.496. The zero-order valence-electron chi connectivity index (χ0n) is 14.2. The summed E-state index contributed by atoms with van der Waals surface area (Å²) in [4.78, 5) is 24.1. The van der Waals surface area contributed by atoms with Crippen LogP contribution in [-0.2, 0) is 9.47 Å². The number of nitrogens with zero attached hydrogens (tertiary/aromatic N) is 4. The van der Waals surface area contributed by atoms with E-state index in [1.54, 1.807) is 40.4 Å². The third-order valence-corrected chi connectivity index (χ3v) is 3.50. The lowest BCUT2D eigenvalue weighted by molar-refractivity contribution is 0.159. The average Bonchev–Trinajstić information content (AvgIpc) is 2.60. The summed E-state index contributed by atoms with van der Waals surface area (Å²) in [6.07, 6.45) is 13.9. The summed E-state index contributed by atoms with van der Waals surface area (Å²) in [6, 6.07) is 0. The van der Waals surface area contributed by atoms with Crippen molar-refractivity contribution in [3.8, 4) is 0 Å². The molecule has 2 aliphatic rings. The molecule has 0 fully saturated rings. The number of nitroso groups, excluding NO2 is 2. The van der Waals surface area contributed by atoms with Crippen molar-refractivity contribution in [3.63, 3.8) is 0 Å². The number of likely N-dealkylation sites (N-methyl/N-ethyl adjacent to an activating group) is 2. The highest BCUT2D eigenvalue weighted by Gasteiger charge is 2.09. The average molecular weight is 344 g/mol. The van der Waals surface area contributed by atoms with Crippen LogP contribution in [0.25, 0.3) is 0 Å². The van der Waals surface area contributed by atoms with Crippen LogP contribution in [0.3, 0.4) is 0 Å². The second-order valence-corrected chi connectivity index (χ2v) is 5.32. The molecule has 132 valence electrons. The summed E-state index contributed by atoms with van der Waals surface area (Å²) < 4.78 is 11.3. The molecule has 2 heterocycles. The maximum absolute atomic E-state index is 10.4. The van der Waals surface area contributed by atoms with Gasteiger partial charge in [0, 0.05) is 39.0 Å². The lowest BCUT2D eigenvalue weighted by atomic mass is 10.2. The van der Waals surface area contributed by atoms with Crippen molar-refractivity contribution in [2.45, 2.75) is 6.42 Å². The van der Waals surface area contributed by atoms with Gasteiger partial charge in [-0.05, 0) is 28.6 Å². The fourth-order valence-electron chi connectivity index (χ4n) is 2.15. The van der Waals surface area contributed by atoms with Crippen LogP contribution in [0.5, 0.6) is 0 Å². The van der Waals surface area contributed by atoms with Gasteiger partial charge >= 0.3 is 0 Å². The van der Waals surface area contributed by atoms with Gasteiger partial charge in [0.05, 0.1) is 37.0 Å². The lowest BCUT2D eigenvalue weighted by Gasteiger charge is -2.21. The number of ether oxygens (including phenoxy) is 2. The fraction of sp³-hybridized carbons (Fsp3) is 0.294. The molecular weight excluding hydrogens is 324 g/mol. The summed E-state index contributed by atoms with van der Waals surface area (Å²) >= 11 is 0.